The highest BCUT2D eigenvalue weighted by Gasteiger charge is 2.45. The van der Waals surface area contributed by atoms with Crippen LogP contribution in [0, 0.1) is 17.3 Å². The molecule has 4 atom stereocenters. The molecule has 1 heterocycles. The van der Waals surface area contributed by atoms with Gasteiger partial charge in [0.25, 0.3) is 0 Å². The maximum atomic E-state index is 9.68. The molecular weight excluding hydrogens is 256 g/mol. The Labute approximate surface area is 123 Å². The first-order chi connectivity index (χ1) is 9.09. The predicted molar refractivity (Wildman–Crippen MR) is 79.3 cm³/mol. The van der Waals surface area contributed by atoms with Gasteiger partial charge in [-0.25, -0.2) is 0 Å². The van der Waals surface area contributed by atoms with Gasteiger partial charge in [0.15, 0.2) is 5.79 Å². The summed E-state index contributed by atoms with van der Waals surface area (Å²) in [6, 6.07) is 0. The van der Waals surface area contributed by atoms with Crippen LogP contribution in [-0.4, -0.2) is 41.4 Å². The van der Waals surface area contributed by atoms with Crippen molar-refractivity contribution < 1.29 is 19.7 Å². The van der Waals surface area contributed by atoms with Crippen molar-refractivity contribution in [1.29, 1.82) is 0 Å². The molecule has 2 N–H and O–H groups in total. The first kappa shape index (κ1) is 17.9. The van der Waals surface area contributed by atoms with Gasteiger partial charge in [0.1, 0.15) is 6.10 Å². The van der Waals surface area contributed by atoms with E-state index in [0.717, 1.165) is 12.8 Å². The molecule has 1 saturated heterocycles. The Morgan fingerprint density at radius 1 is 1.15 bits per heavy atom. The van der Waals surface area contributed by atoms with Crippen LogP contribution in [0.4, 0.5) is 0 Å². The first-order valence-electron chi connectivity index (χ1n) is 7.67. The van der Waals surface area contributed by atoms with Crippen LogP contribution in [-0.2, 0) is 9.47 Å². The minimum absolute atomic E-state index is 0.0458. The van der Waals surface area contributed by atoms with Gasteiger partial charge in [0.05, 0.1) is 12.7 Å². The third-order valence-electron chi connectivity index (χ3n) is 4.16. The Kier molecular flexibility index (Phi) is 6.02. The molecule has 4 heteroatoms. The second-order valence-electron chi connectivity index (χ2n) is 7.72. The van der Waals surface area contributed by atoms with Crippen molar-refractivity contribution in [1.82, 2.24) is 0 Å². The summed E-state index contributed by atoms with van der Waals surface area (Å²) in [7, 11) is 0. The summed E-state index contributed by atoms with van der Waals surface area (Å²) >= 11 is 0. The van der Waals surface area contributed by atoms with Crippen molar-refractivity contribution >= 4 is 0 Å². The molecule has 0 amide bonds. The van der Waals surface area contributed by atoms with Gasteiger partial charge in [-0.15, -0.1) is 0 Å². The van der Waals surface area contributed by atoms with Crippen molar-refractivity contribution in [3.8, 4) is 0 Å². The average molecular weight is 288 g/mol. The van der Waals surface area contributed by atoms with Crippen molar-refractivity contribution in [2.75, 3.05) is 13.2 Å². The van der Waals surface area contributed by atoms with Gasteiger partial charge in [0.2, 0.25) is 0 Å². The Balaban J connectivity index is 2.67. The summed E-state index contributed by atoms with van der Waals surface area (Å²) in [6.45, 7) is 12.5. The van der Waals surface area contributed by atoms with Crippen molar-refractivity contribution in [2.24, 2.45) is 17.3 Å². The summed E-state index contributed by atoms with van der Waals surface area (Å²) in [5.74, 6) is -0.330. The van der Waals surface area contributed by atoms with Gasteiger partial charge in [-0.1, -0.05) is 27.7 Å². The Morgan fingerprint density at radius 3 is 2.20 bits per heavy atom. The third-order valence-corrected chi connectivity index (χ3v) is 4.16. The topological polar surface area (TPSA) is 58.9 Å². The van der Waals surface area contributed by atoms with Crippen LogP contribution in [0.15, 0.2) is 0 Å². The lowest BCUT2D eigenvalue weighted by Gasteiger charge is -2.31. The van der Waals surface area contributed by atoms with Crippen LogP contribution >= 0.6 is 0 Å². The van der Waals surface area contributed by atoms with E-state index in [2.05, 4.69) is 27.7 Å². The Bertz CT molecular complexity index is 295. The van der Waals surface area contributed by atoms with Gasteiger partial charge >= 0.3 is 0 Å². The summed E-state index contributed by atoms with van der Waals surface area (Å²) in [6.07, 6.45) is 1.55. The molecular formula is C16H32O4. The summed E-state index contributed by atoms with van der Waals surface area (Å²) < 4.78 is 11.7. The maximum absolute atomic E-state index is 9.68. The molecule has 0 aromatic carbocycles. The summed E-state index contributed by atoms with van der Waals surface area (Å²) in [5, 5.41) is 19.1. The molecule has 0 saturated carbocycles. The number of rotatable bonds is 6. The van der Waals surface area contributed by atoms with Crippen LogP contribution in [0.5, 0.6) is 0 Å². The normalized spacial score (nSPS) is 29.4. The number of ether oxygens (including phenoxy) is 2. The fourth-order valence-electron chi connectivity index (χ4n) is 2.86. The second kappa shape index (κ2) is 6.73. The van der Waals surface area contributed by atoms with Gasteiger partial charge in [0, 0.05) is 6.61 Å². The third kappa shape index (κ3) is 4.99. The van der Waals surface area contributed by atoms with E-state index in [-0.39, 0.29) is 42.7 Å². The molecule has 0 spiro atoms. The minimum Gasteiger partial charge on any atom is -0.396 e. The van der Waals surface area contributed by atoms with Gasteiger partial charge < -0.3 is 19.7 Å². The number of aliphatic hydroxyl groups is 2. The zero-order chi connectivity index (χ0) is 15.6. The van der Waals surface area contributed by atoms with Crippen LogP contribution in [0.3, 0.4) is 0 Å². The molecule has 0 radical (unpaired) electrons. The predicted octanol–water partition coefficient (Wildman–Crippen LogP) is 2.57. The van der Waals surface area contributed by atoms with E-state index in [4.69, 9.17) is 9.47 Å². The molecule has 1 rings (SSSR count). The number of hydrogen-bond acceptors (Lipinski definition) is 4. The number of hydrogen-bond donors (Lipinski definition) is 2. The molecule has 0 aromatic heterocycles. The van der Waals surface area contributed by atoms with Gasteiger partial charge in [-0.3, -0.25) is 0 Å². The lowest BCUT2D eigenvalue weighted by atomic mass is 9.80. The summed E-state index contributed by atoms with van der Waals surface area (Å²) in [5.41, 5.74) is 0.260. The van der Waals surface area contributed by atoms with Crippen LogP contribution in [0.2, 0.25) is 0 Å². The van der Waals surface area contributed by atoms with E-state index in [1.54, 1.807) is 0 Å². The molecule has 0 aliphatic carbocycles. The Morgan fingerprint density at radius 2 is 1.75 bits per heavy atom. The van der Waals surface area contributed by atoms with Crippen molar-refractivity contribution in [3.63, 3.8) is 0 Å². The fourth-order valence-corrected chi connectivity index (χ4v) is 2.86. The molecule has 0 aromatic rings. The quantitative estimate of drug-likeness (QED) is 0.788. The fraction of sp³-hybridized carbons (Fsp3) is 1.00. The standard InChI is InChI=1S/C16H32O4/c1-11(12(9-17)7-8-15(2,3)4)14-13(10-18)19-16(5,6)20-14/h11-14,17-18H,7-10H2,1-6H3. The molecule has 20 heavy (non-hydrogen) atoms. The molecule has 0 bridgehead atoms. The minimum atomic E-state index is -0.656. The summed E-state index contributed by atoms with van der Waals surface area (Å²) in [4.78, 5) is 0. The number of aliphatic hydroxyl groups excluding tert-OH is 2. The maximum Gasteiger partial charge on any atom is 0.163 e. The van der Waals surface area contributed by atoms with E-state index in [1.165, 1.54) is 0 Å². The van der Waals surface area contributed by atoms with E-state index >= 15 is 0 Å². The van der Waals surface area contributed by atoms with Crippen molar-refractivity contribution in [2.45, 2.75) is 72.4 Å². The molecule has 1 aliphatic rings. The monoisotopic (exact) mass is 288 g/mol. The van der Waals surface area contributed by atoms with E-state index in [0.29, 0.717) is 0 Å². The lowest BCUT2D eigenvalue weighted by molar-refractivity contribution is -0.154. The van der Waals surface area contributed by atoms with E-state index in [9.17, 15) is 10.2 Å². The average Bonchev–Trinajstić information content (AvgIpc) is 2.63. The highest BCUT2D eigenvalue weighted by atomic mass is 16.8. The largest absolute Gasteiger partial charge is 0.396 e. The van der Waals surface area contributed by atoms with E-state index in [1.807, 2.05) is 13.8 Å². The second-order valence-corrected chi connectivity index (χ2v) is 7.72. The first-order valence-corrected chi connectivity index (χ1v) is 7.67. The molecule has 1 aliphatic heterocycles. The SMILES string of the molecule is CC(C(CO)CCC(C)(C)C)C1OC(C)(C)OC1CO. The zero-order valence-corrected chi connectivity index (χ0v) is 13.8. The Hall–Kier alpha value is -0.160. The molecule has 120 valence electrons. The van der Waals surface area contributed by atoms with Crippen LogP contribution in [0.1, 0.15) is 54.4 Å². The highest BCUT2D eigenvalue weighted by molar-refractivity contribution is 4.87. The van der Waals surface area contributed by atoms with Gasteiger partial charge in [-0.2, -0.15) is 0 Å². The van der Waals surface area contributed by atoms with Crippen LogP contribution in [0.25, 0.3) is 0 Å². The highest BCUT2D eigenvalue weighted by Crippen LogP contribution is 2.37. The van der Waals surface area contributed by atoms with Crippen molar-refractivity contribution in [3.05, 3.63) is 0 Å². The molecule has 4 nitrogen and oxygen atoms in total. The molecule has 4 unspecified atom stereocenters. The zero-order valence-electron chi connectivity index (χ0n) is 13.8. The lowest BCUT2D eigenvalue weighted by Crippen LogP contribution is -2.37. The van der Waals surface area contributed by atoms with Gasteiger partial charge in [-0.05, 0) is 43.9 Å². The molecule has 1 fully saturated rings. The smallest absolute Gasteiger partial charge is 0.163 e. The van der Waals surface area contributed by atoms with Crippen LogP contribution < -0.4 is 0 Å². The van der Waals surface area contributed by atoms with E-state index < -0.39 is 5.79 Å².